The Hall–Kier alpha value is -3.31. The van der Waals surface area contributed by atoms with Gasteiger partial charge in [0, 0.05) is 30.5 Å². The normalized spacial score (nSPS) is 29.5. The number of allylic oxidation sites excluding steroid dienone is 1. The van der Waals surface area contributed by atoms with Crippen LogP contribution in [-0.4, -0.2) is 85.9 Å². The molecule has 234 valence electrons. The molecule has 11 heteroatoms. The number of piperidine rings is 2. The highest BCUT2D eigenvalue weighted by molar-refractivity contribution is 5.87. The van der Waals surface area contributed by atoms with Crippen LogP contribution in [0.15, 0.2) is 24.0 Å². The standard InChI is InChI=1S/C32H45N5O6/c1-19(38)34-22(8-4-6-15-33)30(39)35-26-9-5-7-16-37(26)31(40)42-25-13-11-21-23-18-20-10-12-24(41-3)28-27(20)32(21,29(25)43-28)14-17-36(23)2/h10,12-13,21-23,26,29H,4-9,11,14-18,33H2,1-3H3,(H,34,38)(H,35,39)/t21-,22-,23+,26?,29-,32-/m0/s1. The number of nitrogens with two attached hydrogens (primary N) is 1. The van der Waals surface area contributed by atoms with Crippen molar-refractivity contribution in [2.45, 2.75) is 94.5 Å². The molecule has 3 aliphatic heterocycles. The molecule has 5 aliphatic rings. The summed E-state index contributed by atoms with van der Waals surface area (Å²) in [6.45, 7) is 3.34. The number of likely N-dealkylation sites (N-methyl/N-ethyl adjacent to an activating group) is 1. The van der Waals surface area contributed by atoms with E-state index in [-0.39, 0.29) is 17.2 Å². The van der Waals surface area contributed by atoms with Crippen molar-refractivity contribution in [1.82, 2.24) is 20.4 Å². The van der Waals surface area contributed by atoms with Crippen molar-refractivity contribution in [2.24, 2.45) is 11.7 Å². The van der Waals surface area contributed by atoms with Crippen LogP contribution in [0.25, 0.3) is 0 Å². The average Bonchev–Trinajstić information content (AvgIpc) is 3.35. The summed E-state index contributed by atoms with van der Waals surface area (Å²) in [5.74, 6) is 1.82. The lowest BCUT2D eigenvalue weighted by Gasteiger charge is -2.56. The van der Waals surface area contributed by atoms with E-state index < -0.39 is 24.4 Å². The third-order valence-electron chi connectivity index (χ3n) is 10.3. The van der Waals surface area contributed by atoms with E-state index in [2.05, 4.69) is 28.6 Å². The monoisotopic (exact) mass is 595 g/mol. The first-order valence-corrected chi connectivity index (χ1v) is 15.8. The third-order valence-corrected chi connectivity index (χ3v) is 10.3. The second-order valence-electron chi connectivity index (χ2n) is 12.7. The summed E-state index contributed by atoms with van der Waals surface area (Å²) in [6, 6.07) is 3.87. The van der Waals surface area contributed by atoms with Gasteiger partial charge in [-0.05, 0) is 102 Å². The van der Waals surface area contributed by atoms with Gasteiger partial charge in [0.05, 0.1) is 7.11 Å². The van der Waals surface area contributed by atoms with Crippen LogP contribution in [0.3, 0.4) is 0 Å². The summed E-state index contributed by atoms with van der Waals surface area (Å²) in [5.41, 5.74) is 7.87. The van der Waals surface area contributed by atoms with Gasteiger partial charge in [0.25, 0.3) is 0 Å². The number of ether oxygens (including phenoxy) is 3. The Morgan fingerprint density at radius 2 is 2.05 bits per heavy atom. The van der Waals surface area contributed by atoms with Gasteiger partial charge in [-0.1, -0.05) is 6.07 Å². The summed E-state index contributed by atoms with van der Waals surface area (Å²) in [4.78, 5) is 43.0. The quantitative estimate of drug-likeness (QED) is 0.371. The molecule has 1 unspecified atom stereocenters. The number of hydrogen-bond donors (Lipinski definition) is 3. The SMILES string of the molecule is COc1ccc2c3c1O[C@H]1C(OC(=O)N4CCCCC4NC(=O)[C@H](CCCCN)NC(C)=O)=CC[C@H]4[C@@H](C2)N(C)CC[C@]314. The van der Waals surface area contributed by atoms with Crippen molar-refractivity contribution < 1.29 is 28.6 Å². The fourth-order valence-corrected chi connectivity index (χ4v) is 8.29. The Labute approximate surface area is 253 Å². The maximum absolute atomic E-state index is 13.8. The number of carbonyl (C=O) groups excluding carboxylic acids is 3. The predicted octanol–water partition coefficient (Wildman–Crippen LogP) is 2.56. The van der Waals surface area contributed by atoms with Crippen molar-refractivity contribution >= 4 is 17.9 Å². The number of benzene rings is 1. The molecular weight excluding hydrogens is 550 g/mol. The number of likely N-dealkylation sites (tertiary alicyclic amines) is 2. The zero-order valence-electron chi connectivity index (χ0n) is 25.5. The lowest BCUT2D eigenvalue weighted by Crippen LogP contribution is -2.63. The van der Waals surface area contributed by atoms with Gasteiger partial charge < -0.3 is 35.5 Å². The van der Waals surface area contributed by atoms with Crippen LogP contribution in [-0.2, 0) is 26.2 Å². The van der Waals surface area contributed by atoms with Gasteiger partial charge in [-0.3, -0.25) is 14.5 Å². The Morgan fingerprint density at radius 1 is 1.21 bits per heavy atom. The third kappa shape index (κ3) is 5.14. The zero-order valence-corrected chi connectivity index (χ0v) is 25.5. The Balaban J connectivity index is 1.22. The molecule has 2 bridgehead atoms. The average molecular weight is 596 g/mol. The van der Waals surface area contributed by atoms with Crippen molar-refractivity contribution in [3.8, 4) is 11.5 Å². The minimum atomic E-state index is -0.681. The van der Waals surface area contributed by atoms with Gasteiger partial charge >= 0.3 is 6.09 Å². The molecule has 1 aromatic rings. The van der Waals surface area contributed by atoms with Gasteiger partial charge in [0.15, 0.2) is 17.6 Å². The number of unbranched alkanes of at least 4 members (excludes halogenated alkanes) is 1. The summed E-state index contributed by atoms with van der Waals surface area (Å²) < 4.78 is 18.7. The fraction of sp³-hybridized carbons (Fsp3) is 0.656. The lowest BCUT2D eigenvalue weighted by molar-refractivity contribution is -0.129. The minimum Gasteiger partial charge on any atom is -0.493 e. The molecule has 0 aromatic heterocycles. The highest BCUT2D eigenvalue weighted by Crippen LogP contribution is 2.63. The molecule has 11 nitrogen and oxygen atoms in total. The number of methoxy groups -OCH3 is 1. The van der Waals surface area contributed by atoms with Gasteiger partial charge in [-0.2, -0.15) is 0 Å². The van der Waals surface area contributed by atoms with Crippen LogP contribution >= 0.6 is 0 Å². The van der Waals surface area contributed by atoms with E-state index in [0.717, 1.165) is 57.2 Å². The number of carbonyl (C=O) groups is 3. The molecule has 1 spiro atoms. The molecule has 3 heterocycles. The van der Waals surface area contributed by atoms with E-state index in [1.54, 1.807) is 12.0 Å². The molecule has 3 amide bonds. The molecule has 43 heavy (non-hydrogen) atoms. The summed E-state index contributed by atoms with van der Waals surface area (Å²) >= 11 is 0. The maximum atomic E-state index is 13.8. The molecule has 6 rings (SSSR count). The first-order valence-electron chi connectivity index (χ1n) is 15.8. The summed E-state index contributed by atoms with van der Waals surface area (Å²) in [6.07, 6.45) is 7.57. The second kappa shape index (κ2) is 12.0. The van der Waals surface area contributed by atoms with Crippen LogP contribution in [0.2, 0.25) is 0 Å². The van der Waals surface area contributed by atoms with E-state index >= 15 is 0 Å². The predicted molar refractivity (Wildman–Crippen MR) is 159 cm³/mol. The smallest absolute Gasteiger partial charge is 0.416 e. The first-order chi connectivity index (χ1) is 20.8. The highest BCUT2D eigenvalue weighted by Gasteiger charge is 2.65. The number of nitrogens with zero attached hydrogens (tertiary/aromatic N) is 2. The molecule has 1 aromatic carbocycles. The van der Waals surface area contributed by atoms with Crippen LogP contribution < -0.4 is 25.8 Å². The number of hydrogen-bond acceptors (Lipinski definition) is 8. The Bertz CT molecular complexity index is 1300. The van der Waals surface area contributed by atoms with E-state index in [0.29, 0.717) is 49.4 Å². The number of amides is 3. The molecule has 2 saturated heterocycles. The van der Waals surface area contributed by atoms with Gasteiger partial charge in [0.1, 0.15) is 18.0 Å². The maximum Gasteiger partial charge on any atom is 0.416 e. The topological polar surface area (TPSA) is 135 Å². The second-order valence-corrected chi connectivity index (χ2v) is 12.7. The molecular formula is C32H45N5O6. The highest BCUT2D eigenvalue weighted by atomic mass is 16.6. The Kier molecular flexibility index (Phi) is 8.30. The number of nitrogens with one attached hydrogen (secondary N) is 2. The van der Waals surface area contributed by atoms with Crippen molar-refractivity contribution in [1.29, 1.82) is 0 Å². The first kappa shape index (κ1) is 29.7. The molecule has 0 radical (unpaired) electrons. The lowest BCUT2D eigenvalue weighted by atomic mass is 9.53. The van der Waals surface area contributed by atoms with Crippen LogP contribution in [0.1, 0.15) is 69.4 Å². The van der Waals surface area contributed by atoms with Crippen LogP contribution in [0.5, 0.6) is 11.5 Å². The summed E-state index contributed by atoms with van der Waals surface area (Å²) in [7, 11) is 3.87. The van der Waals surface area contributed by atoms with Crippen LogP contribution in [0.4, 0.5) is 4.79 Å². The van der Waals surface area contributed by atoms with Crippen molar-refractivity contribution in [3.63, 3.8) is 0 Å². The van der Waals surface area contributed by atoms with E-state index in [1.807, 2.05) is 12.1 Å². The number of rotatable bonds is 9. The van der Waals surface area contributed by atoms with E-state index in [1.165, 1.54) is 18.1 Å². The van der Waals surface area contributed by atoms with Gasteiger partial charge in [0.2, 0.25) is 11.8 Å². The molecule has 6 atom stereocenters. The van der Waals surface area contributed by atoms with Gasteiger partial charge in [-0.25, -0.2) is 4.79 Å². The Morgan fingerprint density at radius 3 is 2.81 bits per heavy atom. The molecule has 0 saturated carbocycles. The summed E-state index contributed by atoms with van der Waals surface area (Å²) in [5, 5.41) is 5.78. The molecule has 2 aliphatic carbocycles. The van der Waals surface area contributed by atoms with Gasteiger partial charge in [-0.15, -0.1) is 0 Å². The van der Waals surface area contributed by atoms with E-state index in [9.17, 15) is 14.4 Å². The zero-order chi connectivity index (χ0) is 30.3. The minimum absolute atomic E-state index is 0.272. The largest absolute Gasteiger partial charge is 0.493 e. The van der Waals surface area contributed by atoms with E-state index in [4.69, 9.17) is 19.9 Å². The fourth-order valence-electron chi connectivity index (χ4n) is 8.29. The molecule has 4 N–H and O–H groups in total. The van der Waals surface area contributed by atoms with Crippen LogP contribution in [0, 0.1) is 5.92 Å². The molecule has 2 fully saturated rings. The van der Waals surface area contributed by atoms with Crippen molar-refractivity contribution in [2.75, 3.05) is 33.8 Å². The van der Waals surface area contributed by atoms with Crippen molar-refractivity contribution in [3.05, 3.63) is 35.1 Å².